The smallest absolute Gasteiger partial charge is 0.166 e. The molecule has 0 bridgehead atoms. The molecule has 0 saturated heterocycles. The van der Waals surface area contributed by atoms with Crippen LogP contribution in [0.5, 0.6) is 5.75 Å². The zero-order valence-corrected chi connectivity index (χ0v) is 15.2. The Bertz CT molecular complexity index is 1170. The van der Waals surface area contributed by atoms with E-state index in [0.717, 1.165) is 27.8 Å². The van der Waals surface area contributed by atoms with Crippen molar-refractivity contribution in [1.82, 2.24) is 19.9 Å². The van der Waals surface area contributed by atoms with Crippen LogP contribution in [0.1, 0.15) is 5.82 Å². The normalized spacial score (nSPS) is 12.1. The van der Waals surface area contributed by atoms with Gasteiger partial charge in [-0.15, -0.1) is 0 Å². The van der Waals surface area contributed by atoms with E-state index in [1.165, 1.54) is 11.8 Å². The maximum Gasteiger partial charge on any atom is 0.166 e. The Balaban J connectivity index is 1.57. The van der Waals surface area contributed by atoms with Gasteiger partial charge in [0, 0.05) is 6.07 Å². The largest absolute Gasteiger partial charge is 0.510 e. The Morgan fingerprint density at radius 2 is 1.96 bits per heavy atom. The summed E-state index contributed by atoms with van der Waals surface area (Å²) in [6.07, 6.45) is 0. The summed E-state index contributed by atoms with van der Waals surface area (Å²) in [5.74, 6) is 1.23. The zero-order valence-electron chi connectivity index (χ0n) is 14.4. The van der Waals surface area contributed by atoms with Crippen molar-refractivity contribution in [3.63, 3.8) is 0 Å². The van der Waals surface area contributed by atoms with Crippen molar-refractivity contribution < 1.29 is 9.84 Å². The first-order chi connectivity index (χ1) is 13.2. The number of hydrogen-bond donors (Lipinski definition) is 3. The topological polar surface area (TPSA) is 111 Å². The molecule has 2 aromatic carbocycles. The molecule has 0 fully saturated rings. The van der Waals surface area contributed by atoms with Gasteiger partial charge < -0.3 is 19.8 Å². The number of aliphatic hydroxyl groups excluding tert-OH is 1. The molecule has 2 aromatic heterocycles. The van der Waals surface area contributed by atoms with E-state index >= 15 is 0 Å². The molecule has 0 unspecified atom stereocenters. The maximum absolute atomic E-state index is 10.4. The van der Waals surface area contributed by atoms with Gasteiger partial charge in [0.15, 0.2) is 11.0 Å². The lowest BCUT2D eigenvalue weighted by Gasteiger charge is -2.00. The highest BCUT2D eigenvalue weighted by Gasteiger charge is 2.14. The maximum atomic E-state index is 10.4. The number of fused-ring (bicyclic) bond motifs is 2. The zero-order chi connectivity index (χ0) is 18.8. The van der Waals surface area contributed by atoms with Crippen LogP contribution in [0.15, 0.2) is 53.4 Å². The van der Waals surface area contributed by atoms with E-state index in [2.05, 4.69) is 19.9 Å². The number of nitrogens with zero attached hydrogens (tertiary/aromatic N) is 3. The molecule has 8 heteroatoms. The number of thioether (sulfide) groups is 1. The number of ether oxygens (including phenoxy) is 1. The molecule has 0 aliphatic heterocycles. The minimum atomic E-state index is -0.0559. The average molecular weight is 377 g/mol. The van der Waals surface area contributed by atoms with E-state index in [1.54, 1.807) is 7.11 Å². The Kier molecular flexibility index (Phi) is 4.44. The Labute approximate surface area is 158 Å². The summed E-state index contributed by atoms with van der Waals surface area (Å²) in [4.78, 5) is 15.1. The van der Waals surface area contributed by atoms with Crippen molar-refractivity contribution in [2.45, 2.75) is 5.16 Å². The van der Waals surface area contributed by atoms with Gasteiger partial charge in [-0.25, -0.2) is 9.97 Å². The van der Waals surface area contributed by atoms with Crippen molar-refractivity contribution in [3.8, 4) is 11.8 Å². The van der Waals surface area contributed by atoms with Crippen molar-refractivity contribution in [3.05, 3.63) is 54.0 Å². The van der Waals surface area contributed by atoms with Crippen LogP contribution < -0.4 is 4.74 Å². The molecular weight excluding hydrogens is 362 g/mol. The van der Waals surface area contributed by atoms with Crippen LogP contribution in [0, 0.1) is 11.3 Å². The summed E-state index contributed by atoms with van der Waals surface area (Å²) < 4.78 is 5.20. The van der Waals surface area contributed by atoms with E-state index in [-0.39, 0.29) is 17.1 Å². The Morgan fingerprint density at radius 1 is 1.15 bits per heavy atom. The second-order valence-electron chi connectivity index (χ2n) is 5.75. The number of aromatic nitrogens is 4. The summed E-state index contributed by atoms with van der Waals surface area (Å²) in [5, 5.41) is 20.5. The van der Waals surface area contributed by atoms with Crippen LogP contribution in [-0.2, 0) is 0 Å². The van der Waals surface area contributed by atoms with Gasteiger partial charge in [-0.1, -0.05) is 23.9 Å². The molecule has 27 heavy (non-hydrogen) atoms. The predicted molar refractivity (Wildman–Crippen MR) is 105 cm³/mol. The molecule has 3 N–H and O–H groups in total. The molecule has 2 heterocycles. The molecular formula is C19H15N5O2S. The van der Waals surface area contributed by atoms with Crippen LogP contribution in [-0.4, -0.2) is 37.9 Å². The van der Waals surface area contributed by atoms with Gasteiger partial charge in [-0.3, -0.25) is 0 Å². The summed E-state index contributed by atoms with van der Waals surface area (Å²) in [7, 11) is 1.61. The van der Waals surface area contributed by atoms with Gasteiger partial charge in [0.05, 0.1) is 34.9 Å². The fourth-order valence-corrected chi connectivity index (χ4v) is 3.46. The van der Waals surface area contributed by atoms with Gasteiger partial charge >= 0.3 is 0 Å². The van der Waals surface area contributed by atoms with Crippen LogP contribution in [0.3, 0.4) is 0 Å². The molecule has 0 spiro atoms. The standard InChI is InChI=1S/C19H15N5O2S/c1-26-11-6-7-15-16(8-11)24-19(23-15)27-10-17(25)12(9-20)18-21-13-4-2-3-5-14(13)22-18/h2-8,25H,10H2,1H3,(H,21,22)(H,23,24). The fourth-order valence-electron chi connectivity index (χ4n) is 2.69. The number of benzene rings is 2. The average Bonchev–Trinajstić information content (AvgIpc) is 3.29. The molecule has 0 amide bonds. The summed E-state index contributed by atoms with van der Waals surface area (Å²) >= 11 is 1.30. The third-order valence-electron chi connectivity index (χ3n) is 4.04. The number of para-hydroxylation sites is 2. The van der Waals surface area contributed by atoms with Crippen LogP contribution in [0.2, 0.25) is 0 Å². The molecule has 4 rings (SSSR count). The first-order valence-electron chi connectivity index (χ1n) is 8.12. The van der Waals surface area contributed by atoms with Gasteiger partial charge in [-0.05, 0) is 24.3 Å². The number of H-pyrrole nitrogens is 2. The lowest BCUT2D eigenvalue weighted by atomic mass is 10.2. The number of methoxy groups -OCH3 is 1. The quantitative estimate of drug-likeness (QED) is 0.275. The van der Waals surface area contributed by atoms with Gasteiger partial charge in [0.1, 0.15) is 23.2 Å². The number of aromatic amines is 2. The van der Waals surface area contributed by atoms with Gasteiger partial charge in [-0.2, -0.15) is 5.26 Å². The molecule has 4 aromatic rings. The summed E-state index contributed by atoms with van der Waals surface area (Å²) in [6.45, 7) is 0. The Hall–Kier alpha value is -3.44. The third kappa shape index (κ3) is 3.32. The van der Waals surface area contributed by atoms with Crippen LogP contribution in [0.4, 0.5) is 0 Å². The van der Waals surface area contributed by atoms with E-state index in [1.807, 2.05) is 48.5 Å². The number of nitriles is 1. The Morgan fingerprint density at radius 3 is 2.74 bits per heavy atom. The van der Waals surface area contributed by atoms with Crippen LogP contribution >= 0.6 is 11.8 Å². The fraction of sp³-hybridized carbons (Fsp3) is 0.105. The molecule has 0 saturated carbocycles. The molecule has 134 valence electrons. The molecule has 0 aliphatic rings. The lowest BCUT2D eigenvalue weighted by Crippen LogP contribution is -1.95. The first-order valence-corrected chi connectivity index (χ1v) is 9.10. The molecule has 0 atom stereocenters. The van der Waals surface area contributed by atoms with E-state index in [0.29, 0.717) is 11.0 Å². The second-order valence-corrected chi connectivity index (χ2v) is 6.71. The SMILES string of the molecule is COc1ccc2nc(SCC(O)=C(C#N)c3nc4ccccc4[nH]3)[nH]c2c1. The number of rotatable bonds is 5. The van der Waals surface area contributed by atoms with E-state index in [4.69, 9.17) is 4.74 Å². The van der Waals surface area contributed by atoms with Gasteiger partial charge in [0.25, 0.3) is 0 Å². The number of nitrogens with one attached hydrogen (secondary N) is 2. The minimum absolute atomic E-state index is 0.0559. The second kappa shape index (κ2) is 7.05. The first kappa shape index (κ1) is 17.0. The van der Waals surface area contributed by atoms with Crippen molar-refractivity contribution in [2.24, 2.45) is 0 Å². The minimum Gasteiger partial charge on any atom is -0.510 e. The van der Waals surface area contributed by atoms with Crippen molar-refractivity contribution >= 4 is 39.4 Å². The lowest BCUT2D eigenvalue weighted by molar-refractivity contribution is 0.415. The van der Waals surface area contributed by atoms with Crippen molar-refractivity contribution in [2.75, 3.05) is 12.9 Å². The van der Waals surface area contributed by atoms with Crippen molar-refractivity contribution in [1.29, 1.82) is 5.26 Å². The molecule has 0 radical (unpaired) electrons. The highest BCUT2D eigenvalue weighted by molar-refractivity contribution is 7.99. The highest BCUT2D eigenvalue weighted by atomic mass is 32.2. The number of imidazole rings is 2. The molecule has 7 nitrogen and oxygen atoms in total. The number of allylic oxidation sites excluding steroid dienone is 1. The van der Waals surface area contributed by atoms with Gasteiger partial charge in [0.2, 0.25) is 0 Å². The summed E-state index contributed by atoms with van der Waals surface area (Å²) in [6, 6.07) is 15.1. The predicted octanol–water partition coefficient (Wildman–Crippen LogP) is 4.03. The number of hydrogen-bond acceptors (Lipinski definition) is 6. The van der Waals surface area contributed by atoms with E-state index < -0.39 is 0 Å². The monoisotopic (exact) mass is 377 g/mol. The van der Waals surface area contributed by atoms with E-state index in [9.17, 15) is 10.4 Å². The number of aliphatic hydroxyl groups is 1. The van der Waals surface area contributed by atoms with Crippen LogP contribution in [0.25, 0.3) is 27.6 Å². The third-order valence-corrected chi connectivity index (χ3v) is 4.92. The molecule has 0 aliphatic carbocycles. The highest BCUT2D eigenvalue weighted by Crippen LogP contribution is 2.26. The summed E-state index contributed by atoms with van der Waals surface area (Å²) in [5.41, 5.74) is 3.33.